The number of carbonyl (C=O) groups is 1. The lowest BCUT2D eigenvalue weighted by Crippen LogP contribution is -1.94. The Labute approximate surface area is 106 Å². The third-order valence-corrected chi connectivity index (χ3v) is 3.01. The maximum absolute atomic E-state index is 11.3. The summed E-state index contributed by atoms with van der Waals surface area (Å²) in [4.78, 5) is 14.3. The standard InChI is InChI=1S/C11H5Cl2N3O/c12-10-8-7(9(11(13)17)16-15-8)5-3-1-2-4-6(5)14-10/h1-4,14H. The number of fused-ring (bicyclic) bond motifs is 3. The summed E-state index contributed by atoms with van der Waals surface area (Å²) in [5.74, 6) is 0. The van der Waals surface area contributed by atoms with Crippen molar-refractivity contribution in [1.29, 1.82) is 0 Å². The van der Waals surface area contributed by atoms with Crippen LogP contribution in [0, 0.1) is 0 Å². The zero-order valence-electron chi connectivity index (χ0n) is 8.37. The molecule has 0 radical (unpaired) electrons. The summed E-state index contributed by atoms with van der Waals surface area (Å²) < 4.78 is 0. The molecule has 1 aromatic rings. The van der Waals surface area contributed by atoms with E-state index in [4.69, 9.17) is 23.2 Å². The largest absolute Gasteiger partial charge is 0.344 e. The molecule has 6 heteroatoms. The lowest BCUT2D eigenvalue weighted by Gasteiger charge is -2.06. The molecule has 2 heterocycles. The number of benzene rings is 1. The number of carbonyl (C=O) groups excluding carboxylic acids is 1. The van der Waals surface area contributed by atoms with E-state index in [2.05, 4.69) is 15.2 Å². The van der Waals surface area contributed by atoms with E-state index in [-0.39, 0.29) is 5.69 Å². The molecule has 0 saturated heterocycles. The summed E-state index contributed by atoms with van der Waals surface area (Å²) in [6.07, 6.45) is 0. The van der Waals surface area contributed by atoms with Gasteiger partial charge >= 0.3 is 0 Å². The van der Waals surface area contributed by atoms with Gasteiger partial charge in [-0.25, -0.2) is 0 Å². The fourth-order valence-corrected chi connectivity index (χ4v) is 2.21. The number of rotatable bonds is 1. The predicted octanol–water partition coefficient (Wildman–Crippen LogP) is 3.10. The first-order valence-electron chi connectivity index (χ1n) is 4.81. The number of nitrogens with one attached hydrogen (secondary N) is 1. The quantitative estimate of drug-likeness (QED) is 0.543. The van der Waals surface area contributed by atoms with Crippen molar-refractivity contribution in [1.82, 2.24) is 15.2 Å². The highest BCUT2D eigenvalue weighted by molar-refractivity contribution is 6.68. The van der Waals surface area contributed by atoms with Gasteiger partial charge in [0.25, 0.3) is 5.24 Å². The molecule has 0 unspecified atom stereocenters. The number of H-pyrrole nitrogens is 1. The summed E-state index contributed by atoms with van der Waals surface area (Å²) in [6, 6.07) is 7.44. The van der Waals surface area contributed by atoms with Crippen molar-refractivity contribution in [2.45, 2.75) is 0 Å². The maximum atomic E-state index is 11.3. The van der Waals surface area contributed by atoms with Crippen molar-refractivity contribution in [3.63, 3.8) is 0 Å². The SMILES string of the molecule is O=C(Cl)c1nnc2c(Cl)[nH]c3ccccc3c1-2. The van der Waals surface area contributed by atoms with Crippen molar-refractivity contribution < 1.29 is 4.79 Å². The first-order chi connectivity index (χ1) is 8.18. The average Bonchev–Trinajstić information content (AvgIpc) is 2.74. The molecule has 3 rings (SSSR count). The smallest absolute Gasteiger partial charge is 0.273 e. The van der Waals surface area contributed by atoms with Crippen molar-refractivity contribution in [3.05, 3.63) is 35.1 Å². The number of hydrogen-bond acceptors (Lipinski definition) is 3. The first kappa shape index (κ1) is 10.5. The molecule has 1 N–H and O–H groups in total. The molecule has 0 bridgehead atoms. The van der Waals surface area contributed by atoms with Crippen LogP contribution in [0.5, 0.6) is 0 Å². The Hall–Kier alpha value is -1.65. The van der Waals surface area contributed by atoms with Gasteiger partial charge in [0.2, 0.25) is 0 Å². The molecule has 2 aliphatic heterocycles. The average molecular weight is 266 g/mol. The van der Waals surface area contributed by atoms with Crippen LogP contribution < -0.4 is 0 Å². The molecule has 0 spiro atoms. The van der Waals surface area contributed by atoms with E-state index in [1.54, 1.807) is 0 Å². The Morgan fingerprint density at radius 1 is 1.24 bits per heavy atom. The van der Waals surface area contributed by atoms with E-state index in [9.17, 15) is 4.79 Å². The van der Waals surface area contributed by atoms with Crippen molar-refractivity contribution >= 4 is 39.3 Å². The summed E-state index contributed by atoms with van der Waals surface area (Å²) in [6.45, 7) is 0. The number of hydrogen-bond donors (Lipinski definition) is 1. The highest BCUT2D eigenvalue weighted by atomic mass is 35.5. The molecule has 0 atom stereocenters. The topological polar surface area (TPSA) is 58.6 Å². The van der Waals surface area contributed by atoms with Gasteiger partial charge in [0.15, 0.2) is 5.69 Å². The lowest BCUT2D eigenvalue weighted by atomic mass is 10.0. The molecule has 84 valence electrons. The van der Waals surface area contributed by atoms with Gasteiger partial charge in [-0.3, -0.25) is 4.79 Å². The molecule has 2 aliphatic rings. The van der Waals surface area contributed by atoms with Crippen LogP contribution in [0.3, 0.4) is 0 Å². The van der Waals surface area contributed by atoms with Crippen molar-refractivity contribution in [2.24, 2.45) is 0 Å². The molecule has 1 aromatic carbocycles. The second-order valence-corrected chi connectivity index (χ2v) is 4.25. The van der Waals surface area contributed by atoms with Gasteiger partial charge in [0.1, 0.15) is 10.8 Å². The number of aromatic amines is 1. The minimum absolute atomic E-state index is 0.133. The van der Waals surface area contributed by atoms with Crippen LogP contribution in [-0.4, -0.2) is 20.4 Å². The second kappa shape index (κ2) is 3.68. The molecule has 17 heavy (non-hydrogen) atoms. The molecular weight excluding hydrogens is 261 g/mol. The molecule has 4 nitrogen and oxygen atoms in total. The van der Waals surface area contributed by atoms with Crippen molar-refractivity contribution in [3.8, 4) is 11.3 Å². The predicted molar refractivity (Wildman–Crippen MR) is 65.7 cm³/mol. The first-order valence-corrected chi connectivity index (χ1v) is 5.56. The van der Waals surface area contributed by atoms with Crippen LogP contribution >= 0.6 is 23.2 Å². The zero-order valence-corrected chi connectivity index (χ0v) is 9.88. The third-order valence-electron chi connectivity index (χ3n) is 2.56. The van der Waals surface area contributed by atoms with Crippen LogP contribution in [0.2, 0.25) is 5.15 Å². The third kappa shape index (κ3) is 1.49. The fraction of sp³-hybridized carbons (Fsp3) is 0. The van der Waals surface area contributed by atoms with Gasteiger partial charge in [0, 0.05) is 16.5 Å². The van der Waals surface area contributed by atoms with Crippen LogP contribution in [-0.2, 0) is 0 Å². The minimum atomic E-state index is -0.639. The number of halogens is 2. The Bertz CT molecular complexity index is 707. The van der Waals surface area contributed by atoms with Crippen LogP contribution in [0.15, 0.2) is 24.3 Å². The minimum Gasteiger partial charge on any atom is -0.344 e. The Kier molecular flexibility index (Phi) is 2.28. The van der Waals surface area contributed by atoms with E-state index in [1.807, 2.05) is 24.3 Å². The second-order valence-electron chi connectivity index (χ2n) is 3.53. The normalized spacial score (nSPS) is 11.2. The van der Waals surface area contributed by atoms with E-state index < -0.39 is 5.24 Å². The number of para-hydroxylation sites is 1. The lowest BCUT2D eigenvalue weighted by molar-refractivity contribution is 0.107. The number of aromatic nitrogens is 3. The van der Waals surface area contributed by atoms with Crippen LogP contribution in [0.1, 0.15) is 10.5 Å². The van der Waals surface area contributed by atoms with Crippen LogP contribution in [0.25, 0.3) is 22.2 Å². The van der Waals surface area contributed by atoms with E-state index in [0.29, 0.717) is 16.4 Å². The Morgan fingerprint density at radius 2 is 2.00 bits per heavy atom. The van der Waals surface area contributed by atoms with E-state index in [0.717, 1.165) is 10.9 Å². The maximum Gasteiger partial charge on any atom is 0.273 e. The summed E-state index contributed by atoms with van der Waals surface area (Å²) in [7, 11) is 0. The molecule has 0 fully saturated rings. The zero-order chi connectivity index (χ0) is 12.0. The molecule has 0 aromatic heterocycles. The monoisotopic (exact) mass is 265 g/mol. The van der Waals surface area contributed by atoms with E-state index in [1.165, 1.54) is 0 Å². The number of nitrogens with zero attached hydrogens (tertiary/aromatic N) is 2. The Morgan fingerprint density at radius 3 is 2.76 bits per heavy atom. The van der Waals surface area contributed by atoms with E-state index >= 15 is 0 Å². The van der Waals surface area contributed by atoms with Crippen LogP contribution in [0.4, 0.5) is 0 Å². The van der Waals surface area contributed by atoms with Gasteiger partial charge in [0.05, 0.1) is 0 Å². The molecule has 0 aliphatic carbocycles. The summed E-state index contributed by atoms with van der Waals surface area (Å²) >= 11 is 11.5. The van der Waals surface area contributed by atoms with Gasteiger partial charge < -0.3 is 4.98 Å². The van der Waals surface area contributed by atoms with Gasteiger partial charge in [-0.05, 0) is 17.7 Å². The van der Waals surface area contributed by atoms with Crippen molar-refractivity contribution in [2.75, 3.05) is 0 Å². The molecule has 0 amide bonds. The highest BCUT2D eigenvalue weighted by Crippen LogP contribution is 2.35. The molecular formula is C11H5Cl2N3O. The number of pyridine rings is 1. The van der Waals surface area contributed by atoms with Gasteiger partial charge in [-0.15, -0.1) is 10.2 Å². The summed E-state index contributed by atoms with van der Waals surface area (Å²) in [5.41, 5.74) is 1.98. The fourth-order valence-electron chi connectivity index (χ4n) is 1.85. The van der Waals surface area contributed by atoms with Gasteiger partial charge in [-0.2, -0.15) is 0 Å². The van der Waals surface area contributed by atoms with Gasteiger partial charge in [-0.1, -0.05) is 29.8 Å². The molecule has 0 saturated carbocycles. The Balaban J connectivity index is 2.53. The highest BCUT2D eigenvalue weighted by Gasteiger charge is 2.23. The summed E-state index contributed by atoms with van der Waals surface area (Å²) in [5, 5.41) is 8.17.